The van der Waals surface area contributed by atoms with E-state index in [1.807, 2.05) is 25.1 Å². The number of ether oxygens (including phenoxy) is 3. The number of carbonyl (C=O) groups excluding carboxylic acids is 1. The first-order valence-corrected chi connectivity index (χ1v) is 20.4. The number of hydrogen-bond donors (Lipinski definition) is 1. The predicted molar refractivity (Wildman–Crippen MR) is 206 cm³/mol. The van der Waals surface area contributed by atoms with Gasteiger partial charge in [-0.05, 0) is 97.7 Å². The number of anilines is 2. The molecule has 4 heterocycles. The maximum Gasteiger partial charge on any atom is 0.320 e. The highest BCUT2D eigenvalue weighted by atomic mass is 35.5. The number of nitrogens with zero attached hydrogens (tertiary/aromatic N) is 6. The number of allylic oxidation sites excluding steroid dienone is 1. The van der Waals surface area contributed by atoms with Crippen LogP contribution in [-0.4, -0.2) is 75.6 Å². The van der Waals surface area contributed by atoms with E-state index in [2.05, 4.69) is 53.3 Å². The molecule has 280 valence electrons. The molecule has 12 nitrogen and oxygen atoms in total. The van der Waals surface area contributed by atoms with Gasteiger partial charge in [-0.1, -0.05) is 36.7 Å². The second-order valence-electron chi connectivity index (χ2n) is 15.2. The number of fused-ring (bicyclic) bond motifs is 5. The zero-order valence-electron chi connectivity index (χ0n) is 30.6. The number of halogens is 1. The number of amides is 1. The highest BCUT2D eigenvalue weighted by molar-refractivity contribution is 7.95. The molecule has 1 fully saturated rings. The van der Waals surface area contributed by atoms with Crippen molar-refractivity contribution in [2.75, 3.05) is 49.3 Å². The van der Waals surface area contributed by atoms with Gasteiger partial charge in [-0.15, -0.1) is 4.36 Å². The molecular formula is C39H46ClN7O5S. The molecule has 2 bridgehead atoms. The summed E-state index contributed by atoms with van der Waals surface area (Å²) in [5.74, 6) is 1.11. The SMILES string of the molecule is COc1nc(NS2(=O)=NC(=O)c3ccc4c(c3)N(C[C@@H]3CC[C@H]3[C@@H](OC)/C=C/C[C@H](C)C2)C[C@@]2(CCCc3cc(Cl)ccc32)CO4)c2cn(C)nc2n1. The smallest absolute Gasteiger partial charge is 0.320 e. The molecule has 2 aliphatic carbocycles. The van der Waals surface area contributed by atoms with Crippen LogP contribution in [0.1, 0.15) is 60.5 Å². The maximum absolute atomic E-state index is 15.0. The van der Waals surface area contributed by atoms with Crippen LogP contribution in [0.2, 0.25) is 5.02 Å². The zero-order chi connectivity index (χ0) is 36.9. The molecule has 2 aromatic carbocycles. The minimum atomic E-state index is -3.43. The number of aryl methyl sites for hydroxylation is 2. The number of rotatable bonds is 4. The van der Waals surface area contributed by atoms with Gasteiger partial charge in [-0.2, -0.15) is 15.1 Å². The number of hydrogen-bond acceptors (Lipinski definition) is 9. The van der Waals surface area contributed by atoms with Gasteiger partial charge < -0.3 is 19.1 Å². The van der Waals surface area contributed by atoms with Gasteiger partial charge in [0, 0.05) is 49.4 Å². The Balaban J connectivity index is 1.23. The molecule has 1 saturated carbocycles. The molecule has 2 aliphatic heterocycles. The predicted octanol–water partition coefficient (Wildman–Crippen LogP) is 6.77. The molecule has 14 heteroatoms. The summed E-state index contributed by atoms with van der Waals surface area (Å²) >= 11 is 6.48. The number of benzene rings is 2. The Hall–Kier alpha value is -4.20. The van der Waals surface area contributed by atoms with E-state index in [9.17, 15) is 9.00 Å². The lowest BCUT2D eigenvalue weighted by Crippen LogP contribution is -2.49. The first-order valence-electron chi connectivity index (χ1n) is 18.4. The van der Waals surface area contributed by atoms with Crippen LogP contribution >= 0.6 is 11.6 Å². The summed E-state index contributed by atoms with van der Waals surface area (Å²) in [7, 11) is 1.57. The first kappa shape index (κ1) is 35.8. The molecule has 1 unspecified atom stereocenters. The molecule has 53 heavy (non-hydrogen) atoms. The molecule has 1 spiro atoms. The molecule has 8 rings (SSSR count). The van der Waals surface area contributed by atoms with Crippen LogP contribution in [-0.2, 0) is 33.5 Å². The normalized spacial score (nSPS) is 29.2. The van der Waals surface area contributed by atoms with Gasteiger partial charge >= 0.3 is 6.01 Å². The van der Waals surface area contributed by atoms with Gasteiger partial charge in [0.25, 0.3) is 5.91 Å². The third kappa shape index (κ3) is 6.99. The molecule has 0 saturated heterocycles. The Kier molecular flexibility index (Phi) is 9.61. The lowest BCUT2D eigenvalue weighted by Gasteiger charge is -2.46. The summed E-state index contributed by atoms with van der Waals surface area (Å²) < 4.78 is 42.2. The highest BCUT2D eigenvalue weighted by Gasteiger charge is 2.44. The van der Waals surface area contributed by atoms with E-state index in [0.29, 0.717) is 41.5 Å². The first-order chi connectivity index (χ1) is 25.5. The van der Waals surface area contributed by atoms with Crippen LogP contribution in [0.25, 0.3) is 11.0 Å². The van der Waals surface area contributed by atoms with Crippen molar-refractivity contribution in [2.24, 2.45) is 29.2 Å². The van der Waals surface area contributed by atoms with Crippen molar-refractivity contribution in [3.05, 3.63) is 76.5 Å². The monoisotopic (exact) mass is 759 g/mol. The minimum Gasteiger partial charge on any atom is -0.490 e. The summed E-state index contributed by atoms with van der Waals surface area (Å²) in [6.07, 6.45) is 11.8. The molecule has 1 N–H and O–H groups in total. The summed E-state index contributed by atoms with van der Waals surface area (Å²) in [6.45, 7) is 4.04. The fraction of sp³-hybridized carbons (Fsp3) is 0.487. The Morgan fingerprint density at radius 2 is 2.00 bits per heavy atom. The van der Waals surface area contributed by atoms with E-state index in [-0.39, 0.29) is 35.0 Å². The molecule has 2 aromatic heterocycles. The van der Waals surface area contributed by atoms with Crippen LogP contribution in [0.3, 0.4) is 0 Å². The highest BCUT2D eigenvalue weighted by Crippen LogP contribution is 2.47. The molecule has 4 aromatic rings. The third-order valence-electron chi connectivity index (χ3n) is 11.4. The van der Waals surface area contributed by atoms with E-state index in [1.54, 1.807) is 31.1 Å². The number of methoxy groups -OCH3 is 2. The van der Waals surface area contributed by atoms with Crippen molar-refractivity contribution in [1.29, 1.82) is 0 Å². The quantitative estimate of drug-likeness (QED) is 0.224. The third-order valence-corrected chi connectivity index (χ3v) is 13.7. The lowest BCUT2D eigenvalue weighted by atomic mass is 9.68. The van der Waals surface area contributed by atoms with Gasteiger partial charge in [0.1, 0.15) is 15.7 Å². The van der Waals surface area contributed by atoms with Gasteiger partial charge in [-0.25, -0.2) is 4.21 Å². The van der Waals surface area contributed by atoms with Crippen molar-refractivity contribution in [1.82, 2.24) is 19.7 Å². The standard InChI is InChI=1S/C39H46ClN7O5S/c1-24-7-5-9-33(50-3)29-13-10-27(29)19-47-22-39(16-6-8-25-17-28(40)12-14-31(25)39)23-52-34-15-11-26(18-32(34)47)37(48)45-53(49,21-24)44-36-30-20-46(2)43-35(30)41-38(42-36)51-4/h5,9,11-12,14-15,17-18,20,24,27,29,33H,6-8,10,13,16,19,21-23H2,1-4H3,(H,41,42,43,44,45,48,49)/b9-5+/t24-,27-,29+,33-,39-,53?/m0/s1. The lowest BCUT2D eigenvalue weighted by molar-refractivity contribution is 0.0131. The van der Waals surface area contributed by atoms with Crippen molar-refractivity contribution >= 4 is 50.0 Å². The average Bonchev–Trinajstić information content (AvgIpc) is 3.43. The van der Waals surface area contributed by atoms with Gasteiger partial charge in [0.15, 0.2) is 11.5 Å². The Bertz CT molecular complexity index is 2220. The van der Waals surface area contributed by atoms with Gasteiger partial charge in [0.2, 0.25) is 0 Å². The van der Waals surface area contributed by atoms with Crippen molar-refractivity contribution < 1.29 is 23.2 Å². The van der Waals surface area contributed by atoms with E-state index >= 15 is 0 Å². The Morgan fingerprint density at radius 1 is 1.13 bits per heavy atom. The maximum atomic E-state index is 15.0. The van der Waals surface area contributed by atoms with Crippen molar-refractivity contribution in [2.45, 2.75) is 57.0 Å². The second kappa shape index (κ2) is 14.2. The fourth-order valence-electron chi connectivity index (χ4n) is 8.69. The second-order valence-corrected chi connectivity index (χ2v) is 17.6. The van der Waals surface area contributed by atoms with Crippen LogP contribution in [0.15, 0.2) is 59.1 Å². The zero-order valence-corrected chi connectivity index (χ0v) is 32.2. The van der Waals surface area contributed by atoms with Gasteiger partial charge in [-0.3, -0.25) is 14.2 Å². The average molecular weight is 760 g/mol. The van der Waals surface area contributed by atoms with Crippen LogP contribution in [0.4, 0.5) is 11.5 Å². The minimum absolute atomic E-state index is 0.0458. The summed E-state index contributed by atoms with van der Waals surface area (Å²) in [6, 6.07) is 11.8. The molecule has 0 radical (unpaired) electrons. The Labute approximate surface area is 315 Å². The van der Waals surface area contributed by atoms with Crippen molar-refractivity contribution in [3.63, 3.8) is 0 Å². The van der Waals surface area contributed by atoms with Gasteiger partial charge in [0.05, 0.1) is 36.6 Å². The molecular weight excluding hydrogens is 714 g/mol. The topological polar surface area (TPSA) is 133 Å². The summed E-state index contributed by atoms with van der Waals surface area (Å²) in [5.41, 5.74) is 3.85. The molecule has 4 aliphatic rings. The molecule has 1 amide bonds. The van der Waals surface area contributed by atoms with Crippen LogP contribution in [0.5, 0.6) is 11.8 Å². The number of carbonyl (C=O) groups is 1. The Morgan fingerprint density at radius 3 is 2.79 bits per heavy atom. The molecule has 6 atom stereocenters. The van der Waals surface area contributed by atoms with Crippen molar-refractivity contribution in [3.8, 4) is 11.8 Å². The van der Waals surface area contributed by atoms with Crippen LogP contribution < -0.4 is 19.1 Å². The van der Waals surface area contributed by atoms with E-state index < -0.39 is 15.8 Å². The van der Waals surface area contributed by atoms with E-state index in [4.69, 9.17) is 25.8 Å². The van der Waals surface area contributed by atoms with E-state index in [0.717, 1.165) is 61.7 Å². The summed E-state index contributed by atoms with van der Waals surface area (Å²) in [4.78, 5) is 25.5. The number of aromatic nitrogens is 4. The summed E-state index contributed by atoms with van der Waals surface area (Å²) in [5, 5.41) is 5.67. The van der Waals surface area contributed by atoms with E-state index in [1.165, 1.54) is 18.2 Å². The number of nitrogens with one attached hydrogen (secondary N) is 1. The fourth-order valence-corrected chi connectivity index (χ4v) is 10.8. The van der Waals surface area contributed by atoms with Crippen LogP contribution in [0, 0.1) is 17.8 Å². The largest absolute Gasteiger partial charge is 0.490 e.